The third kappa shape index (κ3) is 1.52. The van der Waals surface area contributed by atoms with Gasteiger partial charge in [-0.15, -0.1) is 0 Å². The van der Waals surface area contributed by atoms with E-state index in [1.165, 1.54) is 0 Å². The van der Waals surface area contributed by atoms with Gasteiger partial charge in [0.1, 0.15) is 0 Å². The summed E-state index contributed by atoms with van der Waals surface area (Å²) in [6, 6.07) is 2.47. The molecule has 2 fully saturated rings. The van der Waals surface area contributed by atoms with Crippen LogP contribution >= 0.6 is 0 Å². The monoisotopic (exact) mass is 206 g/mol. The van der Waals surface area contributed by atoms with Crippen molar-refractivity contribution in [3.8, 4) is 6.07 Å². The van der Waals surface area contributed by atoms with Gasteiger partial charge in [0.2, 0.25) is 5.91 Å². The van der Waals surface area contributed by atoms with Gasteiger partial charge in [-0.05, 0) is 31.1 Å². The zero-order valence-corrected chi connectivity index (χ0v) is 9.42. The average Bonchev–Trinajstić information content (AvgIpc) is 2.59. The Morgan fingerprint density at radius 3 is 2.93 bits per heavy atom. The quantitative estimate of drug-likeness (QED) is 0.710. The van der Waals surface area contributed by atoms with Crippen molar-refractivity contribution in [2.24, 2.45) is 23.2 Å². The van der Waals surface area contributed by atoms with Crippen LogP contribution in [0.1, 0.15) is 33.1 Å². The lowest BCUT2D eigenvalue weighted by Crippen LogP contribution is -2.37. The van der Waals surface area contributed by atoms with Crippen molar-refractivity contribution in [2.75, 3.05) is 6.54 Å². The Morgan fingerprint density at radius 2 is 2.33 bits per heavy atom. The Kier molecular flexibility index (Phi) is 2.46. The Labute approximate surface area is 90.8 Å². The van der Waals surface area contributed by atoms with Gasteiger partial charge in [-0.25, -0.2) is 0 Å². The summed E-state index contributed by atoms with van der Waals surface area (Å²) in [4.78, 5) is 11.6. The molecule has 1 aliphatic heterocycles. The van der Waals surface area contributed by atoms with E-state index in [1.54, 1.807) is 0 Å². The molecule has 1 N–H and O–H groups in total. The molecule has 0 aromatic heterocycles. The topological polar surface area (TPSA) is 52.9 Å². The molecule has 0 spiro atoms. The van der Waals surface area contributed by atoms with E-state index in [2.05, 4.69) is 25.2 Å². The molecule has 0 radical (unpaired) electrons. The molecule has 0 aromatic carbocycles. The predicted octanol–water partition coefficient (Wildman–Crippen LogP) is 1.70. The van der Waals surface area contributed by atoms with E-state index in [1.807, 2.05) is 0 Å². The second-order valence-corrected chi connectivity index (χ2v) is 5.28. The number of fused-ring (bicyclic) bond motifs is 1. The summed E-state index contributed by atoms with van der Waals surface area (Å²) < 4.78 is 0. The molecule has 3 unspecified atom stereocenters. The first-order valence-corrected chi connectivity index (χ1v) is 5.78. The maximum atomic E-state index is 11.6. The second-order valence-electron chi connectivity index (χ2n) is 5.28. The molecule has 1 heterocycles. The van der Waals surface area contributed by atoms with E-state index >= 15 is 0 Å². The van der Waals surface area contributed by atoms with Crippen LogP contribution < -0.4 is 5.32 Å². The van der Waals surface area contributed by atoms with Gasteiger partial charge in [0.15, 0.2) is 0 Å². The van der Waals surface area contributed by atoms with Crippen molar-refractivity contribution < 1.29 is 4.79 Å². The number of hydrogen-bond acceptors (Lipinski definition) is 2. The first-order chi connectivity index (χ1) is 7.09. The fraction of sp³-hybridized carbons (Fsp3) is 0.833. The highest BCUT2D eigenvalue weighted by Crippen LogP contribution is 2.47. The lowest BCUT2D eigenvalue weighted by atomic mass is 9.62. The van der Waals surface area contributed by atoms with Crippen LogP contribution in [0.2, 0.25) is 0 Å². The molecule has 2 rings (SSSR count). The van der Waals surface area contributed by atoms with E-state index in [0.29, 0.717) is 11.8 Å². The number of carbonyl (C=O) groups excluding carboxylic acids is 1. The molecule has 82 valence electrons. The van der Waals surface area contributed by atoms with Crippen LogP contribution in [-0.2, 0) is 4.79 Å². The number of nitriles is 1. The molecule has 3 atom stereocenters. The van der Waals surface area contributed by atoms with Crippen molar-refractivity contribution in [1.29, 1.82) is 5.26 Å². The van der Waals surface area contributed by atoms with E-state index in [-0.39, 0.29) is 17.2 Å². The van der Waals surface area contributed by atoms with Gasteiger partial charge in [0, 0.05) is 12.5 Å². The van der Waals surface area contributed by atoms with Crippen LogP contribution in [0.3, 0.4) is 0 Å². The molecule has 1 amide bonds. The van der Waals surface area contributed by atoms with E-state index in [4.69, 9.17) is 0 Å². The number of nitrogens with one attached hydrogen (secondary N) is 1. The third-order valence-corrected chi connectivity index (χ3v) is 4.32. The highest BCUT2D eigenvalue weighted by molar-refractivity contribution is 5.81. The van der Waals surface area contributed by atoms with Gasteiger partial charge < -0.3 is 5.32 Å². The molecule has 1 saturated carbocycles. The van der Waals surface area contributed by atoms with E-state index < -0.39 is 0 Å². The lowest BCUT2D eigenvalue weighted by molar-refractivity contribution is -0.124. The fourth-order valence-electron chi connectivity index (χ4n) is 2.97. The molecule has 0 bridgehead atoms. The van der Waals surface area contributed by atoms with Gasteiger partial charge in [0.05, 0.1) is 11.5 Å². The Balaban J connectivity index is 2.20. The van der Waals surface area contributed by atoms with Gasteiger partial charge in [-0.2, -0.15) is 5.26 Å². The van der Waals surface area contributed by atoms with Gasteiger partial charge in [0.25, 0.3) is 0 Å². The van der Waals surface area contributed by atoms with Crippen LogP contribution in [0.5, 0.6) is 0 Å². The molecular formula is C12H18N2O. The van der Waals surface area contributed by atoms with Crippen molar-refractivity contribution in [3.05, 3.63) is 0 Å². The zero-order valence-electron chi connectivity index (χ0n) is 9.42. The van der Waals surface area contributed by atoms with Crippen LogP contribution in [-0.4, -0.2) is 12.5 Å². The maximum Gasteiger partial charge on any atom is 0.223 e. The van der Waals surface area contributed by atoms with Crippen LogP contribution in [0.4, 0.5) is 0 Å². The average molecular weight is 206 g/mol. The fourth-order valence-corrected chi connectivity index (χ4v) is 2.97. The first-order valence-electron chi connectivity index (χ1n) is 5.78. The summed E-state index contributed by atoms with van der Waals surface area (Å²) in [6.07, 6.45) is 2.74. The molecular weight excluding hydrogens is 188 g/mol. The van der Waals surface area contributed by atoms with Crippen molar-refractivity contribution in [1.82, 2.24) is 5.32 Å². The second kappa shape index (κ2) is 3.52. The summed E-state index contributed by atoms with van der Waals surface area (Å²) in [5, 5.41) is 12.3. The molecule has 0 aromatic rings. The van der Waals surface area contributed by atoms with Crippen LogP contribution in [0.15, 0.2) is 0 Å². The Bertz CT molecular complexity index is 318. The van der Waals surface area contributed by atoms with Crippen LogP contribution in [0.25, 0.3) is 0 Å². The van der Waals surface area contributed by atoms with Gasteiger partial charge in [-0.3, -0.25) is 4.79 Å². The predicted molar refractivity (Wildman–Crippen MR) is 56.7 cm³/mol. The first kappa shape index (κ1) is 10.5. The molecule has 15 heavy (non-hydrogen) atoms. The lowest BCUT2D eigenvalue weighted by Gasteiger charge is -2.39. The molecule has 1 aliphatic carbocycles. The van der Waals surface area contributed by atoms with E-state index in [9.17, 15) is 10.1 Å². The molecule has 2 aliphatic rings. The molecule has 1 saturated heterocycles. The maximum absolute atomic E-state index is 11.6. The standard InChI is InChI=1S/C12H18N2O/c1-8(2)12(7-13)4-3-9-6-14-11(15)10(9)5-12/h8-10H,3-6H2,1-2H3,(H,14,15). The van der Waals surface area contributed by atoms with Crippen molar-refractivity contribution >= 4 is 5.91 Å². The largest absolute Gasteiger partial charge is 0.356 e. The minimum Gasteiger partial charge on any atom is -0.356 e. The zero-order chi connectivity index (χ0) is 11.1. The SMILES string of the molecule is CC(C)C1(C#N)CCC2CNC(=O)C2C1. The number of hydrogen-bond donors (Lipinski definition) is 1. The van der Waals surface area contributed by atoms with Crippen molar-refractivity contribution in [2.45, 2.75) is 33.1 Å². The molecule has 3 nitrogen and oxygen atoms in total. The summed E-state index contributed by atoms with van der Waals surface area (Å²) in [5.41, 5.74) is -0.261. The Hall–Kier alpha value is -1.04. The normalized spacial score (nSPS) is 39.7. The molecule has 3 heteroatoms. The minimum absolute atomic E-state index is 0.0980. The smallest absolute Gasteiger partial charge is 0.223 e. The summed E-state index contributed by atoms with van der Waals surface area (Å²) in [7, 11) is 0. The minimum atomic E-state index is -0.261. The summed E-state index contributed by atoms with van der Waals surface area (Å²) in [6.45, 7) is 5.01. The third-order valence-electron chi connectivity index (χ3n) is 4.32. The Morgan fingerprint density at radius 1 is 1.60 bits per heavy atom. The number of carbonyl (C=O) groups is 1. The number of nitrogens with zero attached hydrogens (tertiary/aromatic N) is 1. The number of amides is 1. The van der Waals surface area contributed by atoms with Gasteiger partial charge >= 0.3 is 0 Å². The summed E-state index contributed by atoms with van der Waals surface area (Å²) >= 11 is 0. The highest BCUT2D eigenvalue weighted by atomic mass is 16.2. The number of rotatable bonds is 1. The van der Waals surface area contributed by atoms with Crippen molar-refractivity contribution in [3.63, 3.8) is 0 Å². The van der Waals surface area contributed by atoms with Crippen LogP contribution in [0, 0.1) is 34.5 Å². The summed E-state index contributed by atoms with van der Waals surface area (Å²) in [5.74, 6) is 1.09. The van der Waals surface area contributed by atoms with E-state index in [0.717, 1.165) is 25.8 Å². The van der Waals surface area contributed by atoms with Gasteiger partial charge in [-0.1, -0.05) is 13.8 Å². The highest BCUT2D eigenvalue weighted by Gasteiger charge is 2.48.